The molecule has 96 valence electrons. The van der Waals surface area contributed by atoms with Crippen molar-refractivity contribution in [2.45, 2.75) is 50.6 Å². The predicted molar refractivity (Wildman–Crippen MR) is 64.5 cm³/mol. The molecule has 0 aromatic heterocycles. The molecule has 1 saturated heterocycles. The molecule has 5 heteroatoms. The summed E-state index contributed by atoms with van der Waals surface area (Å²) in [6.07, 6.45) is 6.00. The van der Waals surface area contributed by atoms with E-state index in [2.05, 4.69) is 16.0 Å². The first-order valence-corrected chi connectivity index (χ1v) is 6.48. The predicted octanol–water partition coefficient (Wildman–Crippen LogP) is 0.753. The summed E-state index contributed by atoms with van der Waals surface area (Å²) in [5.41, 5.74) is 0. The van der Waals surface area contributed by atoms with Crippen molar-refractivity contribution in [1.29, 1.82) is 0 Å². The van der Waals surface area contributed by atoms with Crippen molar-refractivity contribution in [1.82, 2.24) is 16.0 Å². The maximum atomic E-state index is 11.2. The van der Waals surface area contributed by atoms with Crippen LogP contribution in [-0.2, 0) is 4.79 Å². The van der Waals surface area contributed by atoms with Gasteiger partial charge in [-0.15, -0.1) is 0 Å². The third kappa shape index (κ3) is 2.90. The number of fused-ring (bicyclic) bond motifs is 1. The molecule has 1 aliphatic carbocycles. The largest absolute Gasteiger partial charge is 0.359 e. The zero-order chi connectivity index (χ0) is 12.3. The zero-order valence-corrected chi connectivity index (χ0v) is 10.3. The van der Waals surface area contributed by atoms with Gasteiger partial charge >= 0.3 is 6.03 Å². The van der Waals surface area contributed by atoms with Crippen molar-refractivity contribution >= 4 is 11.9 Å². The molecular weight excluding hydrogens is 218 g/mol. The van der Waals surface area contributed by atoms with E-state index in [1.807, 2.05) is 0 Å². The summed E-state index contributed by atoms with van der Waals surface area (Å²) < 4.78 is 0. The fourth-order valence-electron chi connectivity index (χ4n) is 2.96. The Labute approximate surface area is 102 Å². The van der Waals surface area contributed by atoms with Gasteiger partial charge in [0.05, 0.1) is 12.1 Å². The number of unbranched alkanes of at least 4 members (excludes halogenated alkanes) is 1. The average molecular weight is 239 g/mol. The Hall–Kier alpha value is -1.26. The fourth-order valence-corrected chi connectivity index (χ4v) is 2.96. The molecule has 1 saturated carbocycles. The number of amides is 3. The van der Waals surface area contributed by atoms with Crippen molar-refractivity contribution in [3.05, 3.63) is 0 Å². The molecule has 0 radical (unpaired) electrons. The molecule has 3 unspecified atom stereocenters. The van der Waals surface area contributed by atoms with E-state index in [0.29, 0.717) is 24.4 Å². The lowest BCUT2D eigenvalue weighted by molar-refractivity contribution is -0.120. The van der Waals surface area contributed by atoms with Crippen LogP contribution in [0.15, 0.2) is 0 Å². The third-order valence-corrected chi connectivity index (χ3v) is 3.91. The quantitative estimate of drug-likeness (QED) is 0.620. The highest BCUT2D eigenvalue weighted by Crippen LogP contribution is 2.32. The summed E-state index contributed by atoms with van der Waals surface area (Å²) in [6, 6.07) is 0.643. The van der Waals surface area contributed by atoms with Gasteiger partial charge in [-0.25, -0.2) is 4.79 Å². The molecule has 2 fully saturated rings. The molecule has 3 amide bonds. The van der Waals surface area contributed by atoms with Gasteiger partial charge in [0.15, 0.2) is 0 Å². The van der Waals surface area contributed by atoms with Gasteiger partial charge in [-0.2, -0.15) is 0 Å². The minimum absolute atomic E-state index is 0.0185. The summed E-state index contributed by atoms with van der Waals surface area (Å²) in [4.78, 5) is 22.2. The Morgan fingerprint density at radius 3 is 2.94 bits per heavy atom. The van der Waals surface area contributed by atoms with E-state index in [0.717, 1.165) is 25.7 Å². The first-order valence-electron chi connectivity index (χ1n) is 6.48. The molecule has 0 bridgehead atoms. The lowest BCUT2D eigenvalue weighted by Crippen LogP contribution is -2.33. The number of hydrogen-bond acceptors (Lipinski definition) is 2. The van der Waals surface area contributed by atoms with E-state index in [9.17, 15) is 9.59 Å². The number of urea groups is 1. The Kier molecular flexibility index (Phi) is 3.86. The van der Waals surface area contributed by atoms with Gasteiger partial charge in [0, 0.05) is 13.5 Å². The summed E-state index contributed by atoms with van der Waals surface area (Å²) in [7, 11) is 1.67. The van der Waals surface area contributed by atoms with Crippen LogP contribution in [0.2, 0.25) is 0 Å². The number of nitrogens with one attached hydrogen (secondary N) is 3. The fraction of sp³-hybridized carbons (Fsp3) is 0.833. The standard InChI is InChI=1S/C12H21N3O2/c1-13-10(16)5-3-2-4-8-6-7-9-11(8)15-12(17)14-9/h8-9,11H,2-7H2,1H3,(H,13,16)(H2,14,15,17). The van der Waals surface area contributed by atoms with Gasteiger partial charge < -0.3 is 16.0 Å². The van der Waals surface area contributed by atoms with Crippen molar-refractivity contribution < 1.29 is 9.59 Å². The van der Waals surface area contributed by atoms with E-state index in [4.69, 9.17) is 0 Å². The number of carbonyl (C=O) groups is 2. The highest BCUT2D eigenvalue weighted by atomic mass is 16.2. The first-order chi connectivity index (χ1) is 8.20. The third-order valence-electron chi connectivity index (χ3n) is 3.91. The van der Waals surface area contributed by atoms with Crippen LogP contribution < -0.4 is 16.0 Å². The van der Waals surface area contributed by atoms with Gasteiger partial charge in [-0.1, -0.05) is 6.42 Å². The molecule has 0 aromatic carbocycles. The zero-order valence-electron chi connectivity index (χ0n) is 10.3. The Balaban J connectivity index is 1.66. The van der Waals surface area contributed by atoms with E-state index in [-0.39, 0.29) is 11.9 Å². The number of rotatable bonds is 5. The Morgan fingerprint density at radius 2 is 2.18 bits per heavy atom. The molecule has 1 aliphatic heterocycles. The second kappa shape index (κ2) is 5.38. The second-order valence-electron chi connectivity index (χ2n) is 5.01. The average Bonchev–Trinajstić information content (AvgIpc) is 2.84. The van der Waals surface area contributed by atoms with Crippen LogP contribution in [0.5, 0.6) is 0 Å². The molecule has 1 heterocycles. The second-order valence-corrected chi connectivity index (χ2v) is 5.01. The summed E-state index contributed by atoms with van der Waals surface area (Å²) in [5.74, 6) is 0.703. The molecule has 3 atom stereocenters. The monoisotopic (exact) mass is 239 g/mol. The van der Waals surface area contributed by atoms with Crippen LogP contribution in [0.1, 0.15) is 38.5 Å². The summed E-state index contributed by atoms with van der Waals surface area (Å²) in [6.45, 7) is 0. The molecule has 5 nitrogen and oxygen atoms in total. The lowest BCUT2D eigenvalue weighted by Gasteiger charge is -2.17. The normalized spacial score (nSPS) is 30.6. The van der Waals surface area contributed by atoms with Gasteiger partial charge in [-0.05, 0) is 31.6 Å². The van der Waals surface area contributed by atoms with Gasteiger partial charge in [0.1, 0.15) is 0 Å². The van der Waals surface area contributed by atoms with Gasteiger partial charge in [0.25, 0.3) is 0 Å². The minimum Gasteiger partial charge on any atom is -0.359 e. The van der Waals surface area contributed by atoms with Crippen LogP contribution in [0.4, 0.5) is 4.79 Å². The van der Waals surface area contributed by atoms with Crippen LogP contribution >= 0.6 is 0 Å². The summed E-state index contributed by atoms with van der Waals surface area (Å²) >= 11 is 0. The van der Waals surface area contributed by atoms with Crippen molar-refractivity contribution in [2.75, 3.05) is 7.05 Å². The van der Waals surface area contributed by atoms with E-state index < -0.39 is 0 Å². The van der Waals surface area contributed by atoms with Crippen molar-refractivity contribution in [2.24, 2.45) is 5.92 Å². The topological polar surface area (TPSA) is 70.2 Å². The van der Waals surface area contributed by atoms with E-state index in [1.165, 1.54) is 6.42 Å². The number of carbonyl (C=O) groups excluding carboxylic acids is 2. The summed E-state index contributed by atoms with van der Waals surface area (Å²) in [5, 5.41) is 8.58. The Morgan fingerprint density at radius 1 is 1.35 bits per heavy atom. The molecule has 0 spiro atoms. The van der Waals surface area contributed by atoms with Crippen LogP contribution in [0.25, 0.3) is 0 Å². The number of hydrogen-bond donors (Lipinski definition) is 3. The molecule has 3 N–H and O–H groups in total. The first kappa shape index (κ1) is 12.2. The minimum atomic E-state index is -0.0185. The van der Waals surface area contributed by atoms with Gasteiger partial charge in [0.2, 0.25) is 5.91 Å². The van der Waals surface area contributed by atoms with Crippen LogP contribution in [0.3, 0.4) is 0 Å². The smallest absolute Gasteiger partial charge is 0.315 e. The van der Waals surface area contributed by atoms with E-state index >= 15 is 0 Å². The maximum absolute atomic E-state index is 11.2. The van der Waals surface area contributed by atoms with Crippen LogP contribution in [-0.4, -0.2) is 31.1 Å². The van der Waals surface area contributed by atoms with Gasteiger partial charge in [-0.3, -0.25) is 4.79 Å². The highest BCUT2D eigenvalue weighted by molar-refractivity contribution is 5.77. The maximum Gasteiger partial charge on any atom is 0.315 e. The highest BCUT2D eigenvalue weighted by Gasteiger charge is 2.41. The van der Waals surface area contributed by atoms with Crippen molar-refractivity contribution in [3.63, 3.8) is 0 Å². The van der Waals surface area contributed by atoms with E-state index in [1.54, 1.807) is 7.05 Å². The molecule has 17 heavy (non-hydrogen) atoms. The molecular formula is C12H21N3O2. The Bertz CT molecular complexity index is 306. The lowest BCUT2D eigenvalue weighted by atomic mass is 9.96. The van der Waals surface area contributed by atoms with Crippen molar-refractivity contribution in [3.8, 4) is 0 Å². The molecule has 0 aromatic rings. The molecule has 2 aliphatic rings. The molecule has 2 rings (SSSR count). The van der Waals surface area contributed by atoms with Crippen LogP contribution in [0, 0.1) is 5.92 Å². The SMILES string of the molecule is CNC(=O)CCCCC1CCC2NC(=O)NC12.